The quantitative estimate of drug-likeness (QED) is 0.872. The number of fused-ring (bicyclic) bond motifs is 3. The van der Waals surface area contributed by atoms with E-state index in [9.17, 15) is 9.90 Å². The van der Waals surface area contributed by atoms with Crippen LogP contribution in [0.25, 0.3) is 0 Å². The highest BCUT2D eigenvalue weighted by atomic mass is 16.5. The number of benzene rings is 1. The van der Waals surface area contributed by atoms with Gasteiger partial charge >= 0.3 is 0 Å². The van der Waals surface area contributed by atoms with Crippen molar-refractivity contribution in [3.63, 3.8) is 0 Å². The molecule has 2 fully saturated rings. The average Bonchev–Trinajstić information content (AvgIpc) is 2.71. The van der Waals surface area contributed by atoms with E-state index in [-0.39, 0.29) is 17.7 Å². The van der Waals surface area contributed by atoms with Gasteiger partial charge in [0.2, 0.25) is 5.91 Å². The lowest BCUT2D eigenvalue weighted by molar-refractivity contribution is -0.133. The van der Waals surface area contributed by atoms with Crippen molar-refractivity contribution < 1.29 is 14.6 Å². The van der Waals surface area contributed by atoms with Gasteiger partial charge in [0.15, 0.2) is 0 Å². The summed E-state index contributed by atoms with van der Waals surface area (Å²) in [5, 5.41) is 9.31. The zero-order valence-electron chi connectivity index (χ0n) is 12.4. The van der Waals surface area contributed by atoms with Crippen LogP contribution in [0.4, 0.5) is 0 Å². The number of ether oxygens (including phenoxy) is 1. The molecule has 1 amide bonds. The largest absolute Gasteiger partial charge is 0.508 e. The van der Waals surface area contributed by atoms with Crippen molar-refractivity contribution in [1.29, 1.82) is 0 Å². The van der Waals surface area contributed by atoms with E-state index in [2.05, 4.69) is 11.9 Å². The van der Waals surface area contributed by atoms with Gasteiger partial charge in [0, 0.05) is 25.6 Å². The molecule has 2 heterocycles. The number of carbonyl (C=O) groups excluding carboxylic acids is 1. The van der Waals surface area contributed by atoms with Gasteiger partial charge in [0.05, 0.1) is 25.7 Å². The Morgan fingerprint density at radius 1 is 1.24 bits per heavy atom. The van der Waals surface area contributed by atoms with Crippen LogP contribution >= 0.6 is 0 Å². The summed E-state index contributed by atoms with van der Waals surface area (Å²) >= 11 is 0. The first-order valence-corrected chi connectivity index (χ1v) is 7.45. The van der Waals surface area contributed by atoms with Crippen LogP contribution in [0.2, 0.25) is 0 Å². The van der Waals surface area contributed by atoms with Gasteiger partial charge in [-0.1, -0.05) is 12.1 Å². The van der Waals surface area contributed by atoms with Crippen molar-refractivity contribution in [3.05, 3.63) is 29.8 Å². The van der Waals surface area contributed by atoms with Gasteiger partial charge in [-0.2, -0.15) is 0 Å². The molecule has 1 aromatic rings. The van der Waals surface area contributed by atoms with E-state index in [1.807, 2.05) is 4.90 Å². The maximum Gasteiger partial charge on any atom is 0.227 e. The van der Waals surface area contributed by atoms with Gasteiger partial charge < -0.3 is 19.6 Å². The van der Waals surface area contributed by atoms with Crippen LogP contribution in [0.15, 0.2) is 24.3 Å². The fraction of sp³-hybridized carbons (Fsp3) is 0.562. The van der Waals surface area contributed by atoms with E-state index in [0.29, 0.717) is 18.9 Å². The van der Waals surface area contributed by atoms with E-state index in [0.717, 1.165) is 31.8 Å². The predicted molar refractivity (Wildman–Crippen MR) is 79.1 cm³/mol. The molecular weight excluding hydrogens is 268 g/mol. The van der Waals surface area contributed by atoms with Crippen molar-refractivity contribution in [1.82, 2.24) is 9.80 Å². The van der Waals surface area contributed by atoms with E-state index in [1.54, 1.807) is 24.3 Å². The molecule has 114 valence electrons. The summed E-state index contributed by atoms with van der Waals surface area (Å²) in [6.07, 6.45) is 0.382. The molecule has 0 saturated carbocycles. The van der Waals surface area contributed by atoms with Crippen LogP contribution in [0, 0.1) is 5.92 Å². The number of nitrogens with zero attached hydrogens (tertiary/aromatic N) is 2. The van der Waals surface area contributed by atoms with E-state index >= 15 is 0 Å². The summed E-state index contributed by atoms with van der Waals surface area (Å²) in [4.78, 5) is 16.9. The fourth-order valence-corrected chi connectivity index (χ4v) is 3.27. The summed E-state index contributed by atoms with van der Waals surface area (Å²) in [6.45, 7) is 4.01. The van der Waals surface area contributed by atoms with E-state index in [4.69, 9.17) is 4.74 Å². The first-order valence-electron chi connectivity index (χ1n) is 7.45. The number of amides is 1. The van der Waals surface area contributed by atoms with Crippen molar-refractivity contribution in [2.45, 2.75) is 12.5 Å². The molecule has 0 unspecified atom stereocenters. The maximum atomic E-state index is 12.6. The molecule has 2 aliphatic heterocycles. The zero-order chi connectivity index (χ0) is 14.8. The van der Waals surface area contributed by atoms with Gasteiger partial charge in [-0.25, -0.2) is 0 Å². The van der Waals surface area contributed by atoms with Crippen LogP contribution < -0.4 is 0 Å². The summed E-state index contributed by atoms with van der Waals surface area (Å²) in [6, 6.07) is 7.01. The van der Waals surface area contributed by atoms with Crippen LogP contribution in [-0.4, -0.2) is 66.8 Å². The molecule has 5 heteroatoms. The Bertz CT molecular complexity index is 503. The third kappa shape index (κ3) is 3.36. The number of carbonyl (C=O) groups is 1. The number of hydrogen-bond donors (Lipinski definition) is 1. The Kier molecular flexibility index (Phi) is 4.12. The minimum absolute atomic E-state index is 0.145. The lowest BCUT2D eigenvalue weighted by Crippen LogP contribution is -2.46. The molecular formula is C16H22N2O3. The molecule has 0 aliphatic carbocycles. The Labute approximate surface area is 125 Å². The third-order valence-corrected chi connectivity index (χ3v) is 4.26. The highest BCUT2D eigenvalue weighted by Gasteiger charge is 2.34. The molecule has 21 heavy (non-hydrogen) atoms. The normalized spacial score (nSPS) is 26.4. The summed E-state index contributed by atoms with van der Waals surface area (Å²) < 4.78 is 5.70. The molecule has 2 aliphatic rings. The second-order valence-electron chi connectivity index (χ2n) is 6.17. The monoisotopic (exact) mass is 290 g/mol. The molecule has 5 nitrogen and oxygen atoms in total. The van der Waals surface area contributed by atoms with Crippen molar-refractivity contribution in [2.75, 3.05) is 39.9 Å². The maximum absolute atomic E-state index is 12.6. The van der Waals surface area contributed by atoms with Crippen molar-refractivity contribution in [3.8, 4) is 5.75 Å². The highest BCUT2D eigenvalue weighted by molar-refractivity contribution is 5.79. The van der Waals surface area contributed by atoms with E-state index in [1.165, 1.54) is 0 Å². The summed E-state index contributed by atoms with van der Waals surface area (Å²) in [5.41, 5.74) is 0.936. The molecule has 2 atom stereocenters. The first kappa shape index (κ1) is 14.4. The molecule has 2 bridgehead atoms. The standard InChI is InChI=1S/C16H22N2O3/c1-17-7-13-8-18(14(9-17)11-21-10-13)16(20)6-12-2-4-15(19)5-3-12/h2-5,13-14,19H,6-11H2,1H3/t13-,14-/m0/s1. The van der Waals surface area contributed by atoms with Gasteiger partial charge in [-0.15, -0.1) is 0 Å². The van der Waals surface area contributed by atoms with Gasteiger partial charge in [-0.05, 0) is 24.7 Å². The van der Waals surface area contributed by atoms with Gasteiger partial charge in [0.1, 0.15) is 5.75 Å². The Morgan fingerprint density at radius 2 is 2.00 bits per heavy atom. The molecule has 0 aromatic heterocycles. The van der Waals surface area contributed by atoms with Crippen LogP contribution in [0.1, 0.15) is 5.56 Å². The predicted octanol–water partition coefficient (Wildman–Crippen LogP) is 0.724. The summed E-state index contributed by atoms with van der Waals surface area (Å²) in [5.74, 6) is 0.773. The highest BCUT2D eigenvalue weighted by Crippen LogP contribution is 2.20. The smallest absolute Gasteiger partial charge is 0.227 e. The molecule has 0 spiro atoms. The second-order valence-corrected chi connectivity index (χ2v) is 6.17. The lowest BCUT2D eigenvalue weighted by Gasteiger charge is -2.29. The molecule has 1 N–H and O–H groups in total. The molecule has 0 radical (unpaired) electrons. The number of rotatable bonds is 2. The lowest BCUT2D eigenvalue weighted by atomic mass is 10.1. The second kappa shape index (κ2) is 6.03. The minimum atomic E-state index is 0.145. The topological polar surface area (TPSA) is 53.0 Å². The number of hydrogen-bond acceptors (Lipinski definition) is 4. The molecule has 1 aromatic carbocycles. The molecule has 3 rings (SSSR count). The first-order chi connectivity index (χ1) is 10.1. The zero-order valence-corrected chi connectivity index (χ0v) is 12.4. The SMILES string of the molecule is CN1C[C@@H]2COC[C@H](C1)N(C(=O)Cc1ccc(O)cc1)C2. The van der Waals surface area contributed by atoms with Crippen LogP contribution in [0.5, 0.6) is 5.75 Å². The Hall–Kier alpha value is -1.59. The van der Waals surface area contributed by atoms with Crippen LogP contribution in [0.3, 0.4) is 0 Å². The third-order valence-electron chi connectivity index (χ3n) is 4.26. The van der Waals surface area contributed by atoms with E-state index < -0.39 is 0 Å². The fourth-order valence-electron chi connectivity index (χ4n) is 3.27. The van der Waals surface area contributed by atoms with Crippen LogP contribution in [-0.2, 0) is 16.0 Å². The van der Waals surface area contributed by atoms with Crippen molar-refractivity contribution in [2.24, 2.45) is 5.92 Å². The Balaban J connectivity index is 1.72. The number of phenols is 1. The average molecular weight is 290 g/mol. The number of phenolic OH excluding ortho intramolecular Hbond substituents is 1. The molecule has 2 saturated heterocycles. The number of likely N-dealkylation sites (N-methyl/N-ethyl adjacent to an activating group) is 1. The summed E-state index contributed by atoms with van der Waals surface area (Å²) in [7, 11) is 2.11. The Morgan fingerprint density at radius 3 is 2.76 bits per heavy atom. The minimum Gasteiger partial charge on any atom is -0.508 e. The van der Waals surface area contributed by atoms with Gasteiger partial charge in [-0.3, -0.25) is 4.79 Å². The number of aromatic hydroxyl groups is 1. The van der Waals surface area contributed by atoms with Crippen molar-refractivity contribution >= 4 is 5.91 Å². The van der Waals surface area contributed by atoms with Gasteiger partial charge in [0.25, 0.3) is 0 Å².